The van der Waals surface area contributed by atoms with E-state index in [0.717, 1.165) is 25.6 Å². The van der Waals surface area contributed by atoms with E-state index >= 15 is 0 Å². The quantitative estimate of drug-likeness (QED) is 0.507. The fraction of sp³-hybridized carbons (Fsp3) is 0.667. The van der Waals surface area contributed by atoms with Crippen molar-refractivity contribution in [3.63, 3.8) is 0 Å². The normalized spacial score (nSPS) is 10.6. The fourth-order valence-corrected chi connectivity index (χ4v) is 1.56. The molecule has 1 aromatic rings. The number of aromatic nitrogens is 2. The summed E-state index contributed by atoms with van der Waals surface area (Å²) in [6, 6.07) is 0. The molecule has 0 aromatic carbocycles. The Bertz CT molecular complexity index is 237. The minimum atomic E-state index is 0.796. The van der Waals surface area contributed by atoms with Crippen LogP contribution in [0.4, 0.5) is 0 Å². The first-order valence-electron chi connectivity index (χ1n) is 4.48. The topological polar surface area (TPSA) is 18.0 Å². The van der Waals surface area contributed by atoms with Crippen LogP contribution in [-0.4, -0.2) is 24.0 Å². The highest BCUT2D eigenvalue weighted by Gasteiger charge is 2.01. The number of imidazole rings is 1. The Morgan fingerprint density at radius 2 is 2.38 bits per heavy atom. The maximum absolute atomic E-state index is 5.27. The summed E-state index contributed by atoms with van der Waals surface area (Å²) in [5, 5.41) is 0. The summed E-state index contributed by atoms with van der Waals surface area (Å²) >= 11 is 1.81. The minimum absolute atomic E-state index is 0.796. The van der Waals surface area contributed by atoms with Crippen LogP contribution >= 0.6 is 11.8 Å². The number of hydrogen-bond acceptors (Lipinski definition) is 2. The third kappa shape index (κ3) is 3.83. The largest absolute Gasteiger partial charge is 0.378 e. The van der Waals surface area contributed by atoms with Crippen molar-refractivity contribution in [1.29, 1.82) is 0 Å². The van der Waals surface area contributed by atoms with Gasteiger partial charge in [0, 0.05) is 6.61 Å². The monoisotopic (exact) mass is 201 g/mol. The van der Waals surface area contributed by atoms with Gasteiger partial charge in [-0.05, 0) is 13.2 Å². The maximum Gasteiger partial charge on any atom is 0.244 e. The Morgan fingerprint density at radius 1 is 1.54 bits per heavy atom. The molecule has 0 aliphatic carbocycles. The Labute approximate surface area is 83.7 Å². The molecule has 0 aliphatic rings. The van der Waals surface area contributed by atoms with Crippen molar-refractivity contribution in [3.8, 4) is 0 Å². The van der Waals surface area contributed by atoms with E-state index in [4.69, 9.17) is 4.74 Å². The molecule has 0 saturated heterocycles. The summed E-state index contributed by atoms with van der Waals surface area (Å²) in [7, 11) is 0. The van der Waals surface area contributed by atoms with Crippen LogP contribution in [0.5, 0.6) is 0 Å². The molecule has 0 atom stereocenters. The summed E-state index contributed by atoms with van der Waals surface area (Å²) in [5.74, 6) is 1.02. The number of hydrogen-bond donors (Lipinski definition) is 0. The van der Waals surface area contributed by atoms with Gasteiger partial charge in [-0.1, -0.05) is 0 Å². The Kier molecular flexibility index (Phi) is 4.93. The first kappa shape index (κ1) is 10.6. The molecule has 0 radical (unpaired) electrons. The van der Waals surface area contributed by atoms with E-state index in [2.05, 4.69) is 34.1 Å². The van der Waals surface area contributed by atoms with E-state index in [0.29, 0.717) is 0 Å². The zero-order valence-corrected chi connectivity index (χ0v) is 9.09. The zero-order valence-electron chi connectivity index (χ0n) is 8.27. The average molecular weight is 201 g/mol. The highest BCUT2D eigenvalue weighted by Crippen LogP contribution is 1.91. The van der Waals surface area contributed by atoms with Gasteiger partial charge in [0.05, 0.1) is 6.61 Å². The van der Waals surface area contributed by atoms with Crippen molar-refractivity contribution in [2.24, 2.45) is 0 Å². The molecule has 1 rings (SSSR count). The summed E-state index contributed by atoms with van der Waals surface area (Å²) in [6.45, 7) is 4.55. The SMILES string of the molecule is CCOCCn1cc[n+](CSC)c1. The maximum atomic E-state index is 5.27. The molecule has 13 heavy (non-hydrogen) atoms. The Balaban J connectivity index is 2.31. The zero-order chi connectivity index (χ0) is 9.52. The molecular formula is C9H17N2OS+. The van der Waals surface area contributed by atoms with Gasteiger partial charge >= 0.3 is 0 Å². The van der Waals surface area contributed by atoms with Crippen LogP contribution in [0.3, 0.4) is 0 Å². The van der Waals surface area contributed by atoms with Crippen LogP contribution in [0.1, 0.15) is 6.92 Å². The fourth-order valence-electron chi connectivity index (χ4n) is 1.11. The predicted molar refractivity (Wildman–Crippen MR) is 54.6 cm³/mol. The number of rotatable bonds is 6. The van der Waals surface area contributed by atoms with Gasteiger partial charge in [-0.25, -0.2) is 9.13 Å². The van der Waals surface area contributed by atoms with Crippen LogP contribution in [0.2, 0.25) is 0 Å². The molecule has 3 nitrogen and oxygen atoms in total. The molecule has 0 aliphatic heterocycles. The van der Waals surface area contributed by atoms with Gasteiger partial charge in [0.25, 0.3) is 0 Å². The van der Waals surface area contributed by atoms with E-state index < -0.39 is 0 Å². The van der Waals surface area contributed by atoms with Gasteiger partial charge in [0.15, 0.2) is 0 Å². The average Bonchev–Trinajstić information content (AvgIpc) is 2.54. The highest BCUT2D eigenvalue weighted by molar-refractivity contribution is 7.97. The van der Waals surface area contributed by atoms with Crippen LogP contribution in [0, 0.1) is 0 Å². The first-order chi connectivity index (χ1) is 6.36. The Hall–Kier alpha value is -0.480. The van der Waals surface area contributed by atoms with Crippen molar-refractivity contribution in [2.75, 3.05) is 19.5 Å². The van der Waals surface area contributed by atoms with Gasteiger partial charge in [-0.15, -0.1) is 11.8 Å². The standard InChI is InChI=1S/C9H17N2OS/c1-3-12-7-6-10-4-5-11(8-10)9-13-2/h4-5,8H,3,6-7,9H2,1-2H3/q+1. The van der Waals surface area contributed by atoms with Gasteiger partial charge in [-0.2, -0.15) is 0 Å². The van der Waals surface area contributed by atoms with Crippen LogP contribution in [-0.2, 0) is 17.2 Å². The van der Waals surface area contributed by atoms with Gasteiger partial charge < -0.3 is 4.74 Å². The number of nitrogens with zero attached hydrogens (tertiary/aromatic N) is 2. The lowest BCUT2D eigenvalue weighted by atomic mass is 10.6. The molecule has 74 valence electrons. The van der Waals surface area contributed by atoms with Crippen molar-refractivity contribution in [2.45, 2.75) is 19.3 Å². The van der Waals surface area contributed by atoms with Crippen LogP contribution < -0.4 is 4.57 Å². The van der Waals surface area contributed by atoms with E-state index in [9.17, 15) is 0 Å². The predicted octanol–water partition coefficient (Wildman–Crippen LogP) is 1.13. The molecule has 0 bridgehead atoms. The molecule has 0 unspecified atom stereocenters. The molecule has 1 heterocycles. The van der Waals surface area contributed by atoms with Gasteiger partial charge in [-0.3, -0.25) is 0 Å². The number of thioether (sulfide) groups is 1. The molecule has 0 amide bonds. The van der Waals surface area contributed by atoms with E-state index in [1.165, 1.54) is 0 Å². The second-order valence-corrected chi connectivity index (χ2v) is 3.62. The Morgan fingerprint density at radius 3 is 3.08 bits per heavy atom. The van der Waals surface area contributed by atoms with Gasteiger partial charge in [0.2, 0.25) is 6.33 Å². The molecule has 4 heteroatoms. The summed E-state index contributed by atoms with van der Waals surface area (Å²) in [4.78, 5) is 0. The van der Waals surface area contributed by atoms with Crippen LogP contribution in [0.25, 0.3) is 0 Å². The van der Waals surface area contributed by atoms with E-state index in [1.807, 2.05) is 18.7 Å². The lowest BCUT2D eigenvalue weighted by Gasteiger charge is -1.96. The second-order valence-electron chi connectivity index (χ2n) is 2.78. The van der Waals surface area contributed by atoms with Crippen molar-refractivity contribution in [3.05, 3.63) is 18.7 Å². The van der Waals surface area contributed by atoms with E-state index in [1.54, 1.807) is 0 Å². The third-order valence-electron chi connectivity index (χ3n) is 1.72. The van der Waals surface area contributed by atoms with Crippen LogP contribution in [0.15, 0.2) is 18.7 Å². The lowest BCUT2D eigenvalue weighted by Crippen LogP contribution is -2.28. The first-order valence-corrected chi connectivity index (χ1v) is 5.87. The van der Waals surface area contributed by atoms with Crippen molar-refractivity contribution >= 4 is 11.8 Å². The molecule has 0 fully saturated rings. The number of ether oxygens (including phenoxy) is 1. The van der Waals surface area contributed by atoms with Gasteiger partial charge in [0.1, 0.15) is 24.8 Å². The molecule has 0 spiro atoms. The smallest absolute Gasteiger partial charge is 0.244 e. The second kappa shape index (κ2) is 6.05. The summed E-state index contributed by atoms with van der Waals surface area (Å²) < 4.78 is 9.58. The van der Waals surface area contributed by atoms with E-state index in [-0.39, 0.29) is 0 Å². The molecule has 0 saturated carbocycles. The third-order valence-corrected chi connectivity index (χ3v) is 2.28. The summed E-state index contributed by atoms with van der Waals surface area (Å²) in [6.07, 6.45) is 8.37. The minimum Gasteiger partial charge on any atom is -0.378 e. The highest BCUT2D eigenvalue weighted by atomic mass is 32.2. The molecular weight excluding hydrogens is 184 g/mol. The van der Waals surface area contributed by atoms with Crippen molar-refractivity contribution in [1.82, 2.24) is 4.57 Å². The lowest BCUT2D eigenvalue weighted by molar-refractivity contribution is -0.675. The molecule has 0 N–H and O–H groups in total. The molecule has 1 aromatic heterocycles. The van der Waals surface area contributed by atoms with Crippen molar-refractivity contribution < 1.29 is 9.30 Å². The summed E-state index contributed by atoms with van der Waals surface area (Å²) in [5.41, 5.74) is 0.